The van der Waals surface area contributed by atoms with E-state index in [1.54, 1.807) is 12.1 Å². The van der Waals surface area contributed by atoms with Gasteiger partial charge >= 0.3 is 0 Å². The summed E-state index contributed by atoms with van der Waals surface area (Å²) < 4.78 is 14.1. The molecule has 1 aromatic rings. The van der Waals surface area contributed by atoms with Gasteiger partial charge < -0.3 is 5.32 Å². The first kappa shape index (κ1) is 16.8. The lowest BCUT2D eigenvalue weighted by molar-refractivity contribution is 0.176. The molecule has 0 amide bonds. The van der Waals surface area contributed by atoms with Crippen LogP contribution in [-0.4, -0.2) is 12.6 Å². The van der Waals surface area contributed by atoms with E-state index in [1.165, 1.54) is 25.3 Å². The number of hydrogen-bond acceptors (Lipinski definition) is 1. The molecular weight excluding hydrogens is 285 g/mol. The summed E-state index contributed by atoms with van der Waals surface area (Å²) >= 11 is 6.20. The lowest BCUT2D eigenvalue weighted by atomic mass is 9.72. The molecule has 1 fully saturated rings. The molecule has 0 aliphatic heterocycles. The minimum atomic E-state index is -0.178. The van der Waals surface area contributed by atoms with E-state index in [-0.39, 0.29) is 5.82 Å². The zero-order chi connectivity index (χ0) is 15.4. The van der Waals surface area contributed by atoms with E-state index in [9.17, 15) is 4.39 Å². The number of benzene rings is 1. The van der Waals surface area contributed by atoms with Crippen LogP contribution in [0.25, 0.3) is 0 Å². The van der Waals surface area contributed by atoms with Crippen molar-refractivity contribution in [3.63, 3.8) is 0 Å². The topological polar surface area (TPSA) is 12.0 Å². The van der Waals surface area contributed by atoms with Crippen molar-refractivity contribution in [3.8, 4) is 0 Å². The molecule has 1 aromatic carbocycles. The maximum absolute atomic E-state index is 14.1. The first-order chi connectivity index (χ1) is 10.0. The van der Waals surface area contributed by atoms with Crippen molar-refractivity contribution in [3.05, 3.63) is 34.6 Å². The van der Waals surface area contributed by atoms with Crippen molar-refractivity contribution in [2.45, 2.75) is 52.5 Å². The normalized spacial score (nSPS) is 27.6. The van der Waals surface area contributed by atoms with Crippen LogP contribution in [-0.2, 0) is 6.42 Å². The van der Waals surface area contributed by atoms with Crippen molar-refractivity contribution in [2.24, 2.45) is 17.8 Å². The Morgan fingerprint density at radius 1 is 1.24 bits per heavy atom. The largest absolute Gasteiger partial charge is 0.314 e. The number of rotatable bonds is 5. The van der Waals surface area contributed by atoms with Crippen molar-refractivity contribution in [1.29, 1.82) is 0 Å². The average Bonchev–Trinajstić information content (AvgIpc) is 2.40. The molecule has 0 heterocycles. The van der Waals surface area contributed by atoms with E-state index in [2.05, 4.69) is 26.1 Å². The fraction of sp³-hybridized carbons (Fsp3) is 0.667. The van der Waals surface area contributed by atoms with Gasteiger partial charge in [-0.3, -0.25) is 0 Å². The van der Waals surface area contributed by atoms with Crippen LogP contribution in [0.5, 0.6) is 0 Å². The summed E-state index contributed by atoms with van der Waals surface area (Å²) in [6.45, 7) is 7.70. The first-order valence-electron chi connectivity index (χ1n) is 8.17. The third kappa shape index (κ3) is 4.43. The monoisotopic (exact) mass is 311 g/mol. The smallest absolute Gasteiger partial charge is 0.127 e. The Kier molecular flexibility index (Phi) is 6.07. The highest BCUT2D eigenvalue weighted by molar-refractivity contribution is 6.31. The fourth-order valence-electron chi connectivity index (χ4n) is 3.95. The Morgan fingerprint density at radius 2 is 1.90 bits per heavy atom. The molecule has 118 valence electrons. The molecule has 0 aromatic heterocycles. The number of likely N-dealkylation sites (N-methyl/N-ethyl adjacent to an activating group) is 1. The van der Waals surface area contributed by atoms with Gasteiger partial charge in [-0.25, -0.2) is 4.39 Å². The average molecular weight is 312 g/mol. The summed E-state index contributed by atoms with van der Waals surface area (Å²) in [4.78, 5) is 0. The van der Waals surface area contributed by atoms with Gasteiger partial charge in [-0.2, -0.15) is 0 Å². The molecule has 0 saturated heterocycles. The molecule has 0 bridgehead atoms. The van der Waals surface area contributed by atoms with Crippen LogP contribution in [0.2, 0.25) is 5.02 Å². The van der Waals surface area contributed by atoms with Crippen molar-refractivity contribution in [1.82, 2.24) is 5.32 Å². The van der Waals surface area contributed by atoms with Crippen LogP contribution in [0.15, 0.2) is 18.2 Å². The third-order valence-corrected chi connectivity index (χ3v) is 5.09. The van der Waals surface area contributed by atoms with Crippen LogP contribution < -0.4 is 5.32 Å². The number of nitrogens with one attached hydrogen (secondary N) is 1. The molecule has 1 aliphatic rings. The summed E-state index contributed by atoms with van der Waals surface area (Å²) in [6.07, 6.45) is 4.46. The SMILES string of the molecule is CCNC(Cc1c(F)cccc1Cl)C1CC(C)CC(C)C1. The number of halogens is 2. The molecule has 3 unspecified atom stereocenters. The van der Waals surface area contributed by atoms with E-state index < -0.39 is 0 Å². The quantitative estimate of drug-likeness (QED) is 0.800. The zero-order valence-corrected chi connectivity index (χ0v) is 14.1. The van der Waals surface area contributed by atoms with E-state index in [4.69, 9.17) is 11.6 Å². The predicted octanol–water partition coefficient (Wildman–Crippen LogP) is 5.07. The second-order valence-electron chi connectivity index (χ2n) is 6.75. The van der Waals surface area contributed by atoms with E-state index in [0.29, 0.717) is 29.0 Å². The van der Waals surface area contributed by atoms with Gasteiger partial charge in [0.15, 0.2) is 0 Å². The van der Waals surface area contributed by atoms with Gasteiger partial charge in [-0.15, -0.1) is 0 Å². The van der Waals surface area contributed by atoms with E-state index in [1.807, 2.05) is 0 Å². The predicted molar refractivity (Wildman–Crippen MR) is 88.2 cm³/mol. The highest BCUT2D eigenvalue weighted by Crippen LogP contribution is 2.36. The Hall–Kier alpha value is -0.600. The molecule has 0 radical (unpaired) electrons. The summed E-state index contributed by atoms with van der Waals surface area (Å²) in [5.74, 6) is 1.95. The molecule has 1 N–H and O–H groups in total. The summed E-state index contributed by atoms with van der Waals surface area (Å²) in [5.41, 5.74) is 0.663. The standard InChI is InChI=1S/C18H27ClFN/c1-4-21-18(14-9-12(2)8-13(3)10-14)11-15-16(19)6-5-7-17(15)20/h5-7,12-14,18,21H,4,8-11H2,1-3H3. The lowest BCUT2D eigenvalue weighted by Crippen LogP contribution is -2.41. The van der Waals surface area contributed by atoms with Crippen LogP contribution in [0.1, 0.15) is 45.6 Å². The van der Waals surface area contributed by atoms with Gasteiger partial charge in [-0.1, -0.05) is 38.4 Å². The minimum Gasteiger partial charge on any atom is -0.314 e. The van der Waals surface area contributed by atoms with Gasteiger partial charge in [0.25, 0.3) is 0 Å². The molecule has 1 aliphatic carbocycles. The Morgan fingerprint density at radius 3 is 2.48 bits per heavy atom. The highest BCUT2D eigenvalue weighted by atomic mass is 35.5. The van der Waals surface area contributed by atoms with Crippen molar-refractivity contribution in [2.75, 3.05) is 6.54 Å². The van der Waals surface area contributed by atoms with E-state index >= 15 is 0 Å². The molecular formula is C18H27ClFN. The van der Waals surface area contributed by atoms with Crippen molar-refractivity contribution >= 4 is 11.6 Å². The molecule has 3 atom stereocenters. The fourth-order valence-corrected chi connectivity index (χ4v) is 4.19. The van der Waals surface area contributed by atoms with Crippen LogP contribution in [0.3, 0.4) is 0 Å². The van der Waals surface area contributed by atoms with Gasteiger partial charge in [0.05, 0.1) is 0 Å². The summed E-state index contributed by atoms with van der Waals surface area (Å²) in [7, 11) is 0. The molecule has 1 nitrogen and oxygen atoms in total. The zero-order valence-electron chi connectivity index (χ0n) is 13.3. The van der Waals surface area contributed by atoms with E-state index in [0.717, 1.165) is 18.4 Å². The summed E-state index contributed by atoms with van der Waals surface area (Å²) in [5, 5.41) is 4.12. The molecule has 21 heavy (non-hydrogen) atoms. The maximum atomic E-state index is 14.1. The molecule has 1 saturated carbocycles. The van der Waals surface area contributed by atoms with Crippen LogP contribution >= 0.6 is 11.6 Å². The highest BCUT2D eigenvalue weighted by Gasteiger charge is 2.30. The lowest BCUT2D eigenvalue weighted by Gasteiger charge is -2.37. The van der Waals surface area contributed by atoms with Gasteiger partial charge in [0.1, 0.15) is 5.82 Å². The summed E-state index contributed by atoms with van der Waals surface area (Å²) in [6, 6.07) is 5.29. The van der Waals surface area contributed by atoms with Crippen molar-refractivity contribution < 1.29 is 4.39 Å². The first-order valence-corrected chi connectivity index (χ1v) is 8.55. The second-order valence-corrected chi connectivity index (χ2v) is 7.15. The molecule has 3 heteroatoms. The minimum absolute atomic E-state index is 0.178. The Bertz CT molecular complexity index is 432. The second kappa shape index (κ2) is 7.60. The maximum Gasteiger partial charge on any atom is 0.127 e. The molecule has 0 spiro atoms. The van der Waals surface area contributed by atoms with Gasteiger partial charge in [0.2, 0.25) is 0 Å². The van der Waals surface area contributed by atoms with Crippen LogP contribution in [0, 0.1) is 23.6 Å². The third-order valence-electron chi connectivity index (χ3n) is 4.74. The molecule has 2 rings (SSSR count). The van der Waals surface area contributed by atoms with Crippen LogP contribution in [0.4, 0.5) is 4.39 Å². The van der Waals surface area contributed by atoms with Gasteiger partial charge in [-0.05, 0) is 62.1 Å². The number of hydrogen-bond donors (Lipinski definition) is 1. The van der Waals surface area contributed by atoms with Gasteiger partial charge in [0, 0.05) is 16.6 Å². The Balaban J connectivity index is 2.15. The Labute approximate surface area is 133 Å².